The van der Waals surface area contributed by atoms with Crippen LogP contribution in [0.2, 0.25) is 0 Å². The van der Waals surface area contributed by atoms with E-state index < -0.39 is 11.9 Å². The minimum Gasteiger partial charge on any atom is -0.493 e. The zero-order valence-electron chi connectivity index (χ0n) is 17.9. The smallest absolute Gasteiger partial charge is 0.343 e. The molecule has 0 aliphatic carbocycles. The van der Waals surface area contributed by atoms with Gasteiger partial charge in [0.2, 0.25) is 0 Å². The summed E-state index contributed by atoms with van der Waals surface area (Å²) in [5.74, 6) is 6.48. The normalized spacial score (nSPS) is 9.84. The van der Waals surface area contributed by atoms with Crippen molar-refractivity contribution in [1.29, 1.82) is 0 Å². The number of hydrogen-bond donors (Lipinski definition) is 0. The zero-order chi connectivity index (χ0) is 22.3. The van der Waals surface area contributed by atoms with Crippen LogP contribution in [0.1, 0.15) is 54.9 Å². The molecule has 0 atom stereocenters. The van der Waals surface area contributed by atoms with Gasteiger partial charge in [-0.05, 0) is 55.0 Å². The molecule has 0 saturated carbocycles. The fraction of sp³-hybridized carbons (Fsp3) is 0.308. The molecule has 0 radical (unpaired) electrons. The van der Waals surface area contributed by atoms with Crippen molar-refractivity contribution in [3.8, 4) is 23.3 Å². The van der Waals surface area contributed by atoms with E-state index in [0.717, 1.165) is 24.5 Å². The average molecular weight is 421 g/mol. The third-order valence-corrected chi connectivity index (χ3v) is 4.26. The molecule has 0 spiro atoms. The number of ether oxygens (including phenoxy) is 3. The van der Waals surface area contributed by atoms with Gasteiger partial charge in [-0.1, -0.05) is 38.2 Å². The summed E-state index contributed by atoms with van der Waals surface area (Å²) in [6, 6.07) is 13.9. The van der Waals surface area contributed by atoms with E-state index >= 15 is 0 Å². The summed E-state index contributed by atoms with van der Waals surface area (Å²) in [4.78, 5) is 23.3. The molecule has 0 fully saturated rings. The van der Waals surface area contributed by atoms with Crippen molar-refractivity contribution in [1.82, 2.24) is 0 Å². The topological polar surface area (TPSA) is 61.8 Å². The summed E-state index contributed by atoms with van der Waals surface area (Å²) in [5.41, 5.74) is 1.32. The van der Waals surface area contributed by atoms with Crippen molar-refractivity contribution >= 4 is 11.9 Å². The van der Waals surface area contributed by atoms with Crippen molar-refractivity contribution < 1.29 is 23.8 Å². The summed E-state index contributed by atoms with van der Waals surface area (Å²) in [5, 5.41) is 0. The van der Waals surface area contributed by atoms with Gasteiger partial charge in [-0.2, -0.15) is 0 Å². The minimum atomic E-state index is -0.451. The molecule has 0 saturated heterocycles. The van der Waals surface area contributed by atoms with E-state index in [1.807, 2.05) is 12.1 Å². The summed E-state index contributed by atoms with van der Waals surface area (Å²) >= 11 is 0. The molecule has 31 heavy (non-hydrogen) atoms. The van der Waals surface area contributed by atoms with Gasteiger partial charge < -0.3 is 14.2 Å². The lowest BCUT2D eigenvalue weighted by Crippen LogP contribution is -2.09. The van der Waals surface area contributed by atoms with Crippen LogP contribution in [0.3, 0.4) is 0 Å². The van der Waals surface area contributed by atoms with Crippen LogP contribution in [0.4, 0.5) is 0 Å². The number of hydrogen-bond acceptors (Lipinski definition) is 5. The summed E-state index contributed by atoms with van der Waals surface area (Å²) in [7, 11) is 0. The van der Waals surface area contributed by atoms with Crippen LogP contribution in [-0.2, 0) is 9.53 Å². The molecule has 0 N–H and O–H groups in total. The molecule has 2 aromatic rings. The Labute approximate surface area is 184 Å². The first-order chi connectivity index (χ1) is 15.1. The highest BCUT2D eigenvalue weighted by molar-refractivity contribution is 5.91. The molecule has 0 aliphatic heterocycles. The van der Waals surface area contributed by atoms with E-state index in [-0.39, 0.29) is 6.61 Å². The monoisotopic (exact) mass is 420 g/mol. The van der Waals surface area contributed by atoms with Crippen molar-refractivity contribution in [3.05, 3.63) is 72.3 Å². The van der Waals surface area contributed by atoms with Gasteiger partial charge in [-0.15, -0.1) is 0 Å². The average Bonchev–Trinajstić information content (AvgIpc) is 2.80. The Morgan fingerprint density at radius 3 is 2.32 bits per heavy atom. The second-order valence-electron chi connectivity index (χ2n) is 6.77. The number of carbonyl (C=O) groups excluding carboxylic acids is 2. The first-order valence-electron chi connectivity index (χ1n) is 10.5. The molecule has 2 aromatic carbocycles. The molecule has 0 heterocycles. The maximum Gasteiger partial charge on any atom is 0.343 e. The molecule has 5 heteroatoms. The predicted octanol–water partition coefficient (Wildman–Crippen LogP) is 5.34. The maximum absolute atomic E-state index is 12.3. The fourth-order valence-electron chi connectivity index (χ4n) is 2.57. The van der Waals surface area contributed by atoms with E-state index in [4.69, 9.17) is 14.2 Å². The number of unbranched alkanes of at least 4 members (excludes halogenated alkanes) is 3. The Bertz CT molecular complexity index is 902. The summed E-state index contributed by atoms with van der Waals surface area (Å²) in [6.45, 7) is 6.15. The second kappa shape index (κ2) is 13.7. The summed E-state index contributed by atoms with van der Waals surface area (Å²) < 4.78 is 15.8. The van der Waals surface area contributed by atoms with Gasteiger partial charge in [0.25, 0.3) is 0 Å². The van der Waals surface area contributed by atoms with Crippen LogP contribution in [0.5, 0.6) is 11.5 Å². The molecule has 5 nitrogen and oxygen atoms in total. The molecule has 0 amide bonds. The Kier molecular flexibility index (Phi) is 10.5. The molecular weight excluding hydrogens is 392 g/mol. The largest absolute Gasteiger partial charge is 0.493 e. The SMILES string of the molecule is C=CC(=O)OCCCOc1ccc(C(=O)Oc2ccc(C#CCCCCC)cc2)cc1. The zero-order valence-corrected chi connectivity index (χ0v) is 17.9. The van der Waals surface area contributed by atoms with Gasteiger partial charge >= 0.3 is 11.9 Å². The lowest BCUT2D eigenvalue weighted by atomic mass is 10.2. The van der Waals surface area contributed by atoms with E-state index in [9.17, 15) is 9.59 Å². The molecule has 0 aliphatic rings. The van der Waals surface area contributed by atoms with Crippen LogP contribution < -0.4 is 9.47 Å². The van der Waals surface area contributed by atoms with E-state index in [2.05, 4.69) is 25.3 Å². The van der Waals surface area contributed by atoms with Crippen LogP contribution in [0.25, 0.3) is 0 Å². The van der Waals surface area contributed by atoms with E-state index in [1.165, 1.54) is 12.8 Å². The third kappa shape index (κ3) is 9.22. The lowest BCUT2D eigenvalue weighted by molar-refractivity contribution is -0.137. The highest BCUT2D eigenvalue weighted by Gasteiger charge is 2.09. The standard InChI is InChI=1S/C26H28O5/c1-3-5-6-7-8-10-21-11-15-24(16-12-21)31-26(28)22-13-17-23(18-14-22)29-19-9-20-30-25(27)4-2/h4,11-18H,2-3,5-7,9,19-20H2,1H3. The predicted molar refractivity (Wildman–Crippen MR) is 120 cm³/mol. The van der Waals surface area contributed by atoms with Gasteiger partial charge in [0, 0.05) is 24.5 Å². The van der Waals surface area contributed by atoms with Crippen LogP contribution >= 0.6 is 0 Å². The van der Waals surface area contributed by atoms with Gasteiger partial charge in [0.15, 0.2) is 0 Å². The second-order valence-corrected chi connectivity index (χ2v) is 6.77. The molecular formula is C26H28O5. The van der Waals surface area contributed by atoms with Crippen LogP contribution in [-0.4, -0.2) is 25.2 Å². The third-order valence-electron chi connectivity index (χ3n) is 4.26. The molecule has 2 rings (SSSR count). The van der Waals surface area contributed by atoms with Crippen molar-refractivity contribution in [2.24, 2.45) is 0 Å². The highest BCUT2D eigenvalue weighted by Crippen LogP contribution is 2.17. The number of esters is 2. The van der Waals surface area contributed by atoms with Gasteiger partial charge in [0.1, 0.15) is 11.5 Å². The Hall–Kier alpha value is -3.52. The number of carbonyl (C=O) groups is 2. The lowest BCUT2D eigenvalue weighted by Gasteiger charge is -2.08. The van der Waals surface area contributed by atoms with Gasteiger partial charge in [-0.25, -0.2) is 9.59 Å². The first-order valence-corrected chi connectivity index (χ1v) is 10.5. The number of rotatable bonds is 11. The maximum atomic E-state index is 12.3. The number of benzene rings is 2. The molecule has 0 aromatic heterocycles. The quantitative estimate of drug-likeness (QED) is 0.162. The van der Waals surface area contributed by atoms with Crippen molar-refractivity contribution in [3.63, 3.8) is 0 Å². The fourth-order valence-corrected chi connectivity index (χ4v) is 2.57. The Morgan fingerprint density at radius 1 is 0.935 bits per heavy atom. The summed E-state index contributed by atoms with van der Waals surface area (Å²) in [6.07, 6.45) is 6.08. The van der Waals surface area contributed by atoms with Crippen LogP contribution in [0, 0.1) is 11.8 Å². The van der Waals surface area contributed by atoms with Crippen LogP contribution in [0.15, 0.2) is 61.2 Å². The van der Waals surface area contributed by atoms with Crippen molar-refractivity contribution in [2.45, 2.75) is 39.0 Å². The minimum absolute atomic E-state index is 0.262. The molecule has 162 valence electrons. The first kappa shape index (κ1) is 23.8. The molecule has 0 bridgehead atoms. The van der Waals surface area contributed by atoms with Gasteiger partial charge in [-0.3, -0.25) is 0 Å². The van der Waals surface area contributed by atoms with Gasteiger partial charge in [0.05, 0.1) is 18.8 Å². The molecule has 0 unspecified atom stereocenters. The highest BCUT2D eigenvalue weighted by atomic mass is 16.5. The Balaban J connectivity index is 1.77. The van der Waals surface area contributed by atoms with E-state index in [1.54, 1.807) is 36.4 Å². The van der Waals surface area contributed by atoms with Crippen molar-refractivity contribution in [2.75, 3.05) is 13.2 Å². The van der Waals surface area contributed by atoms with E-state index in [0.29, 0.717) is 30.1 Å². The Morgan fingerprint density at radius 2 is 1.65 bits per heavy atom.